The molecule has 16 heavy (non-hydrogen) atoms. The molecule has 1 aliphatic heterocycles. The van der Waals surface area contributed by atoms with Crippen molar-refractivity contribution in [3.05, 3.63) is 0 Å². The molecule has 0 aromatic rings. The summed E-state index contributed by atoms with van der Waals surface area (Å²) in [5, 5.41) is -0.0623. The predicted molar refractivity (Wildman–Crippen MR) is 74.0 cm³/mol. The maximum atomic E-state index is 6.54. The molecule has 0 amide bonds. The molecule has 0 N–H and O–H groups in total. The van der Waals surface area contributed by atoms with Gasteiger partial charge in [-0.1, -0.05) is 44.7 Å². The summed E-state index contributed by atoms with van der Waals surface area (Å²) in [6, 6.07) is 0.636. The van der Waals surface area contributed by atoms with Crippen molar-refractivity contribution in [3.63, 3.8) is 0 Å². The third-order valence-electron chi connectivity index (χ3n) is 5.17. The van der Waals surface area contributed by atoms with Gasteiger partial charge in [0.25, 0.3) is 0 Å². The van der Waals surface area contributed by atoms with Crippen LogP contribution in [0.25, 0.3) is 0 Å². The van der Waals surface area contributed by atoms with Crippen LogP contribution >= 0.6 is 12.2 Å². The maximum absolute atomic E-state index is 6.54. The van der Waals surface area contributed by atoms with Gasteiger partial charge in [0.15, 0.2) is 0 Å². The Kier molecular flexibility index (Phi) is 2.89. The number of thiocarbonyl (C=S) groups is 1. The Labute approximate surface area is 106 Å². The first-order chi connectivity index (χ1) is 7.24. The maximum Gasteiger partial charge on any atom is 0.0782 e. The van der Waals surface area contributed by atoms with Gasteiger partial charge >= 0.3 is 0 Å². The summed E-state index contributed by atoms with van der Waals surface area (Å²) in [5.41, 5.74) is 0.236. The molecule has 0 aromatic carbocycles. The second-order valence-corrected chi connectivity index (χ2v) is 7.05. The number of rotatable bonds is 0. The average Bonchev–Trinajstić information content (AvgIpc) is 2.34. The van der Waals surface area contributed by atoms with Crippen LogP contribution in [0.3, 0.4) is 0 Å². The Morgan fingerprint density at radius 3 is 2.62 bits per heavy atom. The molecule has 1 heterocycles. The average molecular weight is 235 g/mol. The minimum atomic E-state index is -0.0623. The number of fused-ring (bicyclic) bond motifs is 1. The van der Waals surface area contributed by atoms with Crippen LogP contribution in [0.1, 0.15) is 46.5 Å². The van der Waals surface area contributed by atoms with Gasteiger partial charge in [0.05, 0.1) is 12.8 Å². The van der Waals surface area contributed by atoms with E-state index in [4.69, 9.17) is 20.1 Å². The summed E-state index contributed by atoms with van der Waals surface area (Å²) in [4.78, 5) is 3.45. The van der Waals surface area contributed by atoms with Gasteiger partial charge in [-0.2, -0.15) is 0 Å². The van der Waals surface area contributed by atoms with Gasteiger partial charge in [0, 0.05) is 19.5 Å². The third kappa shape index (κ3) is 1.81. The van der Waals surface area contributed by atoms with Crippen molar-refractivity contribution in [3.8, 4) is 0 Å². The highest BCUT2D eigenvalue weighted by atomic mass is 32.1. The Balaban J connectivity index is 2.24. The van der Waals surface area contributed by atoms with E-state index in [-0.39, 0.29) is 10.7 Å². The van der Waals surface area contributed by atoms with E-state index in [0.29, 0.717) is 12.0 Å². The molecule has 2 fully saturated rings. The molecule has 1 nitrogen and oxygen atoms in total. The van der Waals surface area contributed by atoms with Crippen LogP contribution in [0.2, 0.25) is 5.31 Å². The van der Waals surface area contributed by atoms with Gasteiger partial charge in [-0.3, -0.25) is 0 Å². The molecule has 0 bridgehead atoms. The lowest BCUT2D eigenvalue weighted by Gasteiger charge is -2.42. The first-order valence-electron chi connectivity index (χ1n) is 6.29. The van der Waals surface area contributed by atoms with Crippen LogP contribution in [0.15, 0.2) is 0 Å². The zero-order chi connectivity index (χ0) is 12.1. The first-order valence-corrected chi connectivity index (χ1v) is 6.70. The number of hydrogen-bond acceptors (Lipinski definition) is 1. The zero-order valence-corrected chi connectivity index (χ0v) is 11.7. The lowest BCUT2D eigenvalue weighted by atomic mass is 9.52. The summed E-state index contributed by atoms with van der Waals surface area (Å²) in [7, 11) is 8.69. The van der Waals surface area contributed by atoms with Crippen LogP contribution in [0, 0.1) is 11.3 Å². The topological polar surface area (TPSA) is 3.24 Å². The summed E-state index contributed by atoms with van der Waals surface area (Å²) < 4.78 is 0. The number of nitrogens with zero attached hydrogens (tertiary/aromatic N) is 1. The summed E-state index contributed by atoms with van der Waals surface area (Å²) in [6.07, 6.45) is 4.61. The molecular formula is C13H22BNS. The van der Waals surface area contributed by atoms with E-state index in [1.807, 2.05) is 0 Å². The van der Waals surface area contributed by atoms with Crippen molar-refractivity contribution in [2.75, 3.05) is 7.05 Å². The minimum Gasteiger partial charge on any atom is -0.366 e. The predicted octanol–water partition coefficient (Wildman–Crippen LogP) is 3.19. The molecule has 1 aliphatic carbocycles. The Bertz CT molecular complexity index is 311. The number of hydrogen-bond donors (Lipinski definition) is 0. The quantitative estimate of drug-likeness (QED) is 0.468. The van der Waals surface area contributed by atoms with Crippen LogP contribution in [-0.4, -0.2) is 30.8 Å². The first kappa shape index (κ1) is 12.4. The molecule has 3 heteroatoms. The normalized spacial score (nSPS) is 43.0. The molecule has 3 unspecified atom stereocenters. The van der Waals surface area contributed by atoms with Crippen molar-refractivity contribution in [2.45, 2.75) is 57.8 Å². The van der Waals surface area contributed by atoms with E-state index < -0.39 is 0 Å². The molecule has 1 saturated heterocycles. The molecule has 88 valence electrons. The molecule has 3 atom stereocenters. The SMILES string of the molecule is [B]C1(C)CC2CC(=S)N(C)C2CCC1(C)C. The lowest BCUT2D eigenvalue weighted by Crippen LogP contribution is -2.30. The zero-order valence-electron chi connectivity index (χ0n) is 10.9. The highest BCUT2D eigenvalue weighted by Crippen LogP contribution is 2.55. The molecule has 0 aromatic heterocycles. The highest BCUT2D eigenvalue weighted by Gasteiger charge is 2.46. The summed E-state index contributed by atoms with van der Waals surface area (Å²) in [6.45, 7) is 6.84. The van der Waals surface area contributed by atoms with Gasteiger partial charge in [0.2, 0.25) is 0 Å². The summed E-state index contributed by atoms with van der Waals surface area (Å²) >= 11 is 5.42. The Hall–Kier alpha value is -0.0451. The van der Waals surface area contributed by atoms with Gasteiger partial charge in [-0.25, -0.2) is 0 Å². The van der Waals surface area contributed by atoms with Gasteiger partial charge in [0.1, 0.15) is 0 Å². The van der Waals surface area contributed by atoms with Crippen molar-refractivity contribution < 1.29 is 0 Å². The highest BCUT2D eigenvalue weighted by molar-refractivity contribution is 7.80. The van der Waals surface area contributed by atoms with Crippen molar-refractivity contribution in [1.29, 1.82) is 0 Å². The molecule has 0 spiro atoms. The molecule has 2 radical (unpaired) electrons. The number of likely N-dealkylation sites (tertiary alicyclic amines) is 1. The summed E-state index contributed by atoms with van der Waals surface area (Å²) in [5.74, 6) is 0.675. The fourth-order valence-electron chi connectivity index (χ4n) is 3.26. The van der Waals surface area contributed by atoms with Gasteiger partial charge in [-0.05, 0) is 24.2 Å². The smallest absolute Gasteiger partial charge is 0.0782 e. The third-order valence-corrected chi connectivity index (χ3v) is 5.62. The fourth-order valence-corrected chi connectivity index (χ4v) is 3.61. The van der Waals surface area contributed by atoms with E-state index in [1.165, 1.54) is 12.8 Å². The lowest BCUT2D eigenvalue weighted by molar-refractivity contribution is 0.223. The van der Waals surface area contributed by atoms with Crippen LogP contribution in [-0.2, 0) is 0 Å². The van der Waals surface area contributed by atoms with Crippen LogP contribution in [0.4, 0.5) is 0 Å². The molecule has 2 aliphatic rings. The standard InChI is InChI=1S/C13H22BNS/c1-12(2)6-5-10-9(8-13(12,3)14)7-11(16)15(10)4/h9-10H,5-8H2,1-4H3. The second-order valence-electron chi connectivity index (χ2n) is 6.58. The van der Waals surface area contributed by atoms with Crippen molar-refractivity contribution in [1.82, 2.24) is 4.90 Å². The van der Waals surface area contributed by atoms with Crippen LogP contribution in [0.5, 0.6) is 0 Å². The van der Waals surface area contributed by atoms with E-state index in [2.05, 4.69) is 32.7 Å². The Morgan fingerprint density at radius 2 is 2.00 bits per heavy atom. The molecular weight excluding hydrogens is 213 g/mol. The van der Waals surface area contributed by atoms with E-state index >= 15 is 0 Å². The van der Waals surface area contributed by atoms with E-state index in [9.17, 15) is 0 Å². The van der Waals surface area contributed by atoms with Crippen LogP contribution < -0.4 is 0 Å². The van der Waals surface area contributed by atoms with E-state index in [1.54, 1.807) is 0 Å². The van der Waals surface area contributed by atoms with E-state index in [0.717, 1.165) is 17.8 Å². The van der Waals surface area contributed by atoms with Gasteiger partial charge in [-0.15, -0.1) is 0 Å². The molecule has 2 rings (SSSR count). The van der Waals surface area contributed by atoms with Gasteiger partial charge < -0.3 is 4.90 Å². The van der Waals surface area contributed by atoms with Crippen molar-refractivity contribution >= 4 is 25.1 Å². The second kappa shape index (κ2) is 3.73. The minimum absolute atomic E-state index is 0.0623. The fraction of sp³-hybridized carbons (Fsp3) is 0.923. The Morgan fingerprint density at radius 1 is 1.38 bits per heavy atom. The monoisotopic (exact) mass is 235 g/mol. The van der Waals surface area contributed by atoms with Crippen molar-refractivity contribution in [2.24, 2.45) is 11.3 Å². The largest absolute Gasteiger partial charge is 0.366 e. The molecule has 1 saturated carbocycles.